The van der Waals surface area contributed by atoms with Crippen LogP contribution < -0.4 is 10.5 Å². The molecule has 4 nitrogen and oxygen atoms in total. The van der Waals surface area contributed by atoms with Gasteiger partial charge >= 0.3 is 0 Å². The van der Waals surface area contributed by atoms with Crippen molar-refractivity contribution in [3.05, 3.63) is 18.2 Å². The van der Waals surface area contributed by atoms with Crippen LogP contribution in [0.25, 0.3) is 0 Å². The fourth-order valence-corrected chi connectivity index (χ4v) is 2.49. The van der Waals surface area contributed by atoms with Crippen molar-refractivity contribution in [2.75, 3.05) is 25.4 Å². The van der Waals surface area contributed by atoms with Crippen molar-refractivity contribution in [1.29, 1.82) is 0 Å². The average Bonchev–Trinajstić information content (AvgIpc) is 2.38. The predicted molar refractivity (Wildman–Crippen MR) is 73.4 cm³/mol. The van der Waals surface area contributed by atoms with E-state index in [1.165, 1.54) is 12.8 Å². The molecule has 96 valence electrons. The Morgan fingerprint density at radius 1 is 1.33 bits per heavy atom. The number of hydrogen-bond acceptors (Lipinski definition) is 4. The Bertz CT molecular complexity index is 476. The minimum Gasteiger partial charge on any atom is -0.483 e. The molecule has 0 saturated carbocycles. The lowest BCUT2D eigenvalue weighted by Crippen LogP contribution is -2.41. The van der Waals surface area contributed by atoms with Gasteiger partial charge in [0.25, 0.3) is 0 Å². The molecule has 0 atom stereocenters. The van der Waals surface area contributed by atoms with Gasteiger partial charge in [-0.2, -0.15) is 0 Å². The summed E-state index contributed by atoms with van der Waals surface area (Å²) >= 11 is 0. The van der Waals surface area contributed by atoms with E-state index in [4.69, 9.17) is 15.5 Å². The van der Waals surface area contributed by atoms with Gasteiger partial charge in [-0.25, -0.2) is 4.99 Å². The zero-order valence-electron chi connectivity index (χ0n) is 10.7. The number of amidine groups is 1. The minimum absolute atomic E-state index is 0.575. The number of nitrogen functional groups attached to an aromatic ring is 1. The Morgan fingerprint density at radius 2 is 2.11 bits per heavy atom. The van der Waals surface area contributed by atoms with Crippen LogP contribution in [0.3, 0.4) is 0 Å². The molecule has 0 aromatic heterocycles. The van der Waals surface area contributed by atoms with Crippen molar-refractivity contribution in [3.63, 3.8) is 0 Å². The first kappa shape index (κ1) is 11.4. The van der Waals surface area contributed by atoms with Crippen LogP contribution in [-0.2, 0) is 0 Å². The number of hydrogen-bond donors (Lipinski definition) is 1. The number of likely N-dealkylation sites (tertiary alicyclic amines) is 1. The molecule has 3 rings (SSSR count). The lowest BCUT2D eigenvalue weighted by atomic mass is 9.99. The molecule has 2 heterocycles. The van der Waals surface area contributed by atoms with Crippen LogP contribution in [0.15, 0.2) is 23.2 Å². The molecule has 1 saturated heterocycles. The molecule has 1 aromatic carbocycles. The number of fused-ring (bicyclic) bond motifs is 1. The predicted octanol–water partition coefficient (Wildman–Crippen LogP) is 2.42. The molecule has 4 heteroatoms. The Labute approximate surface area is 107 Å². The molecule has 2 N–H and O–H groups in total. The third-order valence-electron chi connectivity index (χ3n) is 3.74. The van der Waals surface area contributed by atoms with Crippen molar-refractivity contribution in [1.82, 2.24) is 4.90 Å². The maximum absolute atomic E-state index is 5.79. The van der Waals surface area contributed by atoms with E-state index >= 15 is 0 Å². The molecule has 1 fully saturated rings. The number of rotatable bonds is 0. The highest BCUT2D eigenvalue weighted by molar-refractivity contribution is 5.89. The summed E-state index contributed by atoms with van der Waals surface area (Å²) in [6.45, 7) is 5.06. The van der Waals surface area contributed by atoms with Crippen LogP contribution in [0.1, 0.15) is 19.8 Å². The topological polar surface area (TPSA) is 50.8 Å². The maximum atomic E-state index is 5.79. The summed E-state index contributed by atoms with van der Waals surface area (Å²) < 4.78 is 5.74. The van der Waals surface area contributed by atoms with Gasteiger partial charge in [0.2, 0.25) is 0 Å². The van der Waals surface area contributed by atoms with Crippen LogP contribution in [0.4, 0.5) is 11.4 Å². The van der Waals surface area contributed by atoms with Crippen molar-refractivity contribution in [3.8, 4) is 5.75 Å². The second-order valence-electron chi connectivity index (χ2n) is 5.21. The van der Waals surface area contributed by atoms with Gasteiger partial charge in [-0.05, 0) is 37.0 Å². The Balaban J connectivity index is 1.82. The quantitative estimate of drug-likeness (QED) is 0.714. The van der Waals surface area contributed by atoms with Crippen molar-refractivity contribution >= 4 is 17.2 Å². The molecular formula is C14H19N3O. The van der Waals surface area contributed by atoms with Gasteiger partial charge in [0, 0.05) is 18.8 Å². The Morgan fingerprint density at radius 3 is 2.89 bits per heavy atom. The summed E-state index contributed by atoms with van der Waals surface area (Å²) in [7, 11) is 0. The van der Waals surface area contributed by atoms with Crippen LogP contribution >= 0.6 is 0 Å². The van der Waals surface area contributed by atoms with E-state index in [0.29, 0.717) is 6.61 Å². The lowest BCUT2D eigenvalue weighted by molar-refractivity contribution is 0.259. The second kappa shape index (κ2) is 4.52. The first-order chi connectivity index (χ1) is 8.72. The summed E-state index contributed by atoms with van der Waals surface area (Å²) in [6.07, 6.45) is 2.48. The number of anilines is 1. The monoisotopic (exact) mass is 245 g/mol. The highest BCUT2D eigenvalue weighted by Crippen LogP contribution is 2.33. The van der Waals surface area contributed by atoms with E-state index in [1.54, 1.807) is 0 Å². The van der Waals surface area contributed by atoms with E-state index < -0.39 is 0 Å². The maximum Gasteiger partial charge on any atom is 0.146 e. The normalized spacial score (nSPS) is 20.1. The summed E-state index contributed by atoms with van der Waals surface area (Å²) in [5.74, 6) is 2.70. The third-order valence-corrected chi connectivity index (χ3v) is 3.74. The van der Waals surface area contributed by atoms with Crippen LogP contribution in [-0.4, -0.2) is 30.4 Å². The van der Waals surface area contributed by atoms with E-state index in [1.807, 2.05) is 18.2 Å². The minimum atomic E-state index is 0.575. The molecule has 1 aromatic rings. The van der Waals surface area contributed by atoms with Crippen LogP contribution in [0.5, 0.6) is 5.75 Å². The Kier molecular flexibility index (Phi) is 2.86. The summed E-state index contributed by atoms with van der Waals surface area (Å²) in [5.41, 5.74) is 7.37. The number of aliphatic imine (C=N–C) groups is 1. The molecule has 18 heavy (non-hydrogen) atoms. The lowest BCUT2D eigenvalue weighted by Gasteiger charge is -2.34. The fraction of sp³-hybridized carbons (Fsp3) is 0.500. The van der Waals surface area contributed by atoms with Crippen LogP contribution in [0, 0.1) is 5.92 Å². The zero-order valence-corrected chi connectivity index (χ0v) is 10.7. The van der Waals surface area contributed by atoms with Gasteiger partial charge in [0.1, 0.15) is 23.9 Å². The molecule has 0 bridgehead atoms. The van der Waals surface area contributed by atoms with Gasteiger partial charge in [-0.1, -0.05) is 6.92 Å². The summed E-state index contributed by atoms with van der Waals surface area (Å²) in [5, 5.41) is 0. The number of piperidine rings is 1. The second-order valence-corrected chi connectivity index (χ2v) is 5.21. The fourth-order valence-electron chi connectivity index (χ4n) is 2.49. The molecular weight excluding hydrogens is 226 g/mol. The van der Waals surface area contributed by atoms with E-state index in [0.717, 1.165) is 42.0 Å². The van der Waals surface area contributed by atoms with Crippen molar-refractivity contribution in [2.24, 2.45) is 10.9 Å². The van der Waals surface area contributed by atoms with E-state index in [9.17, 15) is 0 Å². The van der Waals surface area contributed by atoms with Gasteiger partial charge < -0.3 is 15.4 Å². The first-order valence-corrected chi connectivity index (χ1v) is 6.57. The molecule has 0 spiro atoms. The summed E-state index contributed by atoms with van der Waals surface area (Å²) in [4.78, 5) is 7.03. The van der Waals surface area contributed by atoms with Crippen molar-refractivity contribution in [2.45, 2.75) is 19.8 Å². The Hall–Kier alpha value is -1.71. The SMILES string of the molecule is CC1CCN(C2=Nc3cc(N)ccc3OC2)CC1. The highest BCUT2D eigenvalue weighted by Gasteiger charge is 2.22. The number of nitrogens with zero attached hydrogens (tertiary/aromatic N) is 2. The number of benzene rings is 1. The molecule has 0 unspecified atom stereocenters. The largest absolute Gasteiger partial charge is 0.483 e. The van der Waals surface area contributed by atoms with Gasteiger partial charge in [-0.3, -0.25) is 0 Å². The third kappa shape index (κ3) is 2.15. The zero-order chi connectivity index (χ0) is 12.5. The van der Waals surface area contributed by atoms with E-state index in [-0.39, 0.29) is 0 Å². The number of nitrogens with two attached hydrogens (primary N) is 1. The molecule has 0 radical (unpaired) electrons. The van der Waals surface area contributed by atoms with Gasteiger partial charge in [0.05, 0.1) is 0 Å². The molecule has 2 aliphatic heterocycles. The van der Waals surface area contributed by atoms with E-state index in [2.05, 4.69) is 11.8 Å². The van der Waals surface area contributed by atoms with Crippen LogP contribution in [0.2, 0.25) is 0 Å². The molecule has 2 aliphatic rings. The number of ether oxygens (including phenoxy) is 1. The molecule has 0 amide bonds. The van der Waals surface area contributed by atoms with Gasteiger partial charge in [0.15, 0.2) is 0 Å². The smallest absolute Gasteiger partial charge is 0.146 e. The highest BCUT2D eigenvalue weighted by atomic mass is 16.5. The first-order valence-electron chi connectivity index (χ1n) is 6.57. The molecule has 0 aliphatic carbocycles. The van der Waals surface area contributed by atoms with Crippen molar-refractivity contribution < 1.29 is 4.74 Å². The van der Waals surface area contributed by atoms with Gasteiger partial charge in [-0.15, -0.1) is 0 Å². The standard InChI is InChI=1S/C14H19N3O/c1-10-4-6-17(7-5-10)14-9-18-13-3-2-11(15)8-12(13)16-14/h2-3,8,10H,4-7,9,15H2,1H3. The average molecular weight is 245 g/mol. The summed E-state index contributed by atoms with van der Waals surface area (Å²) in [6, 6.07) is 5.62.